The summed E-state index contributed by atoms with van der Waals surface area (Å²) in [5.74, 6) is -0.0573. The zero-order valence-corrected chi connectivity index (χ0v) is 16.0. The van der Waals surface area contributed by atoms with Crippen LogP contribution in [0.5, 0.6) is 0 Å². The fourth-order valence-electron chi connectivity index (χ4n) is 4.09. The number of hydrogen-bond acceptors (Lipinski definition) is 5. The van der Waals surface area contributed by atoms with Crippen LogP contribution in [0, 0.1) is 6.92 Å². The van der Waals surface area contributed by atoms with Crippen LogP contribution in [-0.4, -0.2) is 58.6 Å². The Balaban J connectivity index is 1.53. The van der Waals surface area contributed by atoms with E-state index in [1.165, 1.54) is 0 Å². The van der Waals surface area contributed by atoms with Crippen molar-refractivity contribution in [3.63, 3.8) is 0 Å². The maximum absolute atomic E-state index is 13.2. The number of morpholine rings is 1. The minimum absolute atomic E-state index is 0.0573. The molecular weight excluding hydrogens is 342 g/mol. The minimum Gasteiger partial charge on any atom is -0.367 e. The predicted molar refractivity (Wildman–Crippen MR) is 102 cm³/mol. The molecular formula is C20H27N5O2. The Kier molecular flexibility index (Phi) is 4.97. The van der Waals surface area contributed by atoms with Crippen LogP contribution in [0.3, 0.4) is 0 Å². The Morgan fingerprint density at radius 2 is 2.00 bits per heavy atom. The minimum atomic E-state index is -0.506. The van der Waals surface area contributed by atoms with E-state index in [2.05, 4.69) is 15.6 Å². The molecule has 7 heteroatoms. The van der Waals surface area contributed by atoms with Crippen LogP contribution >= 0.6 is 0 Å². The molecule has 0 bridgehead atoms. The topological polar surface area (TPSA) is 72.3 Å². The highest BCUT2D eigenvalue weighted by molar-refractivity contribution is 5.93. The number of nitrogens with one attached hydrogen (secondary N) is 1. The lowest BCUT2D eigenvalue weighted by Gasteiger charge is -2.40. The molecule has 7 nitrogen and oxygen atoms in total. The number of nitrogens with zero attached hydrogens (tertiary/aromatic N) is 4. The monoisotopic (exact) mass is 369 g/mol. The number of amides is 1. The smallest absolute Gasteiger partial charge is 0.276 e. The van der Waals surface area contributed by atoms with E-state index in [1.54, 1.807) is 0 Å². The van der Waals surface area contributed by atoms with Crippen LogP contribution in [0.4, 0.5) is 0 Å². The second-order valence-corrected chi connectivity index (χ2v) is 7.62. The summed E-state index contributed by atoms with van der Waals surface area (Å²) in [6.07, 6.45) is 2.03. The maximum Gasteiger partial charge on any atom is 0.276 e. The molecule has 2 aromatic rings. The Labute approximate surface area is 159 Å². The normalized spacial score (nSPS) is 24.1. The largest absolute Gasteiger partial charge is 0.367 e. The molecule has 1 N–H and O–H groups in total. The van der Waals surface area contributed by atoms with Gasteiger partial charge < -0.3 is 15.0 Å². The number of rotatable bonds is 3. The Morgan fingerprint density at radius 1 is 1.26 bits per heavy atom. The fourth-order valence-corrected chi connectivity index (χ4v) is 4.09. The molecule has 2 aliphatic heterocycles. The lowest BCUT2D eigenvalue weighted by atomic mass is 9.93. The van der Waals surface area contributed by atoms with Gasteiger partial charge in [0.2, 0.25) is 0 Å². The van der Waals surface area contributed by atoms with Gasteiger partial charge in [-0.05, 0) is 45.3 Å². The van der Waals surface area contributed by atoms with Gasteiger partial charge in [0.1, 0.15) is 5.60 Å². The zero-order valence-electron chi connectivity index (χ0n) is 16.0. The molecule has 0 unspecified atom stereocenters. The lowest BCUT2D eigenvalue weighted by molar-refractivity contribution is -0.0931. The van der Waals surface area contributed by atoms with Crippen molar-refractivity contribution in [2.24, 2.45) is 0 Å². The summed E-state index contributed by atoms with van der Waals surface area (Å²) in [5, 5.41) is 11.9. The molecule has 27 heavy (non-hydrogen) atoms. The molecule has 1 aromatic carbocycles. The predicted octanol–water partition coefficient (Wildman–Crippen LogP) is 1.90. The number of piperidine rings is 1. The highest BCUT2D eigenvalue weighted by atomic mass is 16.5. The summed E-state index contributed by atoms with van der Waals surface area (Å²) >= 11 is 0. The molecule has 0 saturated carbocycles. The van der Waals surface area contributed by atoms with Crippen molar-refractivity contribution in [3.8, 4) is 0 Å². The van der Waals surface area contributed by atoms with E-state index in [-0.39, 0.29) is 5.91 Å². The van der Waals surface area contributed by atoms with Gasteiger partial charge >= 0.3 is 0 Å². The number of carbonyl (C=O) groups excluding carboxylic acids is 1. The summed E-state index contributed by atoms with van der Waals surface area (Å²) in [4.78, 5) is 15.0. The molecule has 0 aliphatic carbocycles. The molecule has 0 radical (unpaired) electrons. The Bertz CT molecular complexity index is 800. The van der Waals surface area contributed by atoms with Gasteiger partial charge in [0.05, 0.1) is 24.9 Å². The zero-order chi connectivity index (χ0) is 18.9. The summed E-state index contributed by atoms with van der Waals surface area (Å²) in [6, 6.07) is 10.4. The number of benzene rings is 1. The summed E-state index contributed by atoms with van der Waals surface area (Å²) in [7, 11) is 0. The van der Waals surface area contributed by atoms with Gasteiger partial charge in [0.15, 0.2) is 5.69 Å². The van der Waals surface area contributed by atoms with Crippen molar-refractivity contribution in [1.82, 2.24) is 25.2 Å². The molecule has 3 heterocycles. The highest BCUT2D eigenvalue weighted by Gasteiger charge is 2.37. The SMILES string of the molecule is Cc1c(C(=O)N2CCO[C@](C)(c3ccccc3)C2)nnn1C1CCNCC1. The standard InChI is InChI=1S/C20H27N5O2/c1-15-18(22-23-25(15)17-8-10-21-11-9-17)19(26)24-12-13-27-20(2,14-24)16-6-4-3-5-7-16/h3-7,17,21H,8-14H2,1-2H3/t20-/m0/s1. The Morgan fingerprint density at radius 3 is 2.74 bits per heavy atom. The van der Waals surface area contributed by atoms with Crippen molar-refractivity contribution >= 4 is 5.91 Å². The van der Waals surface area contributed by atoms with E-state index in [4.69, 9.17) is 4.74 Å². The summed E-state index contributed by atoms with van der Waals surface area (Å²) in [5.41, 5.74) is 1.90. The summed E-state index contributed by atoms with van der Waals surface area (Å²) < 4.78 is 7.99. The first kappa shape index (κ1) is 18.1. The van der Waals surface area contributed by atoms with E-state index >= 15 is 0 Å². The average Bonchev–Trinajstić information content (AvgIpc) is 3.10. The highest BCUT2D eigenvalue weighted by Crippen LogP contribution is 2.30. The third-order valence-electron chi connectivity index (χ3n) is 5.73. The molecule has 1 amide bonds. The van der Waals surface area contributed by atoms with Crippen molar-refractivity contribution in [1.29, 1.82) is 0 Å². The van der Waals surface area contributed by atoms with Crippen LogP contribution < -0.4 is 5.32 Å². The number of carbonyl (C=O) groups is 1. The molecule has 2 aliphatic rings. The van der Waals surface area contributed by atoms with Crippen molar-refractivity contribution in [2.45, 2.75) is 38.3 Å². The maximum atomic E-state index is 13.2. The van der Waals surface area contributed by atoms with Gasteiger partial charge in [-0.3, -0.25) is 4.79 Å². The van der Waals surface area contributed by atoms with Crippen LogP contribution in [0.1, 0.15) is 47.6 Å². The molecule has 1 atom stereocenters. The molecule has 144 valence electrons. The van der Waals surface area contributed by atoms with Gasteiger partial charge in [-0.1, -0.05) is 35.5 Å². The van der Waals surface area contributed by atoms with Crippen molar-refractivity contribution in [2.75, 3.05) is 32.8 Å². The van der Waals surface area contributed by atoms with Gasteiger partial charge in [0.25, 0.3) is 5.91 Å². The van der Waals surface area contributed by atoms with Crippen LogP contribution in [0.25, 0.3) is 0 Å². The first-order valence-electron chi connectivity index (χ1n) is 9.70. The van der Waals surface area contributed by atoms with E-state index in [0.717, 1.165) is 37.2 Å². The second-order valence-electron chi connectivity index (χ2n) is 7.62. The van der Waals surface area contributed by atoms with Crippen LogP contribution in [0.15, 0.2) is 30.3 Å². The quantitative estimate of drug-likeness (QED) is 0.895. The molecule has 2 saturated heterocycles. The number of aromatic nitrogens is 3. The first-order chi connectivity index (χ1) is 13.1. The lowest BCUT2D eigenvalue weighted by Crippen LogP contribution is -2.50. The fraction of sp³-hybridized carbons (Fsp3) is 0.550. The van der Waals surface area contributed by atoms with Gasteiger partial charge in [-0.15, -0.1) is 5.10 Å². The number of hydrogen-bond donors (Lipinski definition) is 1. The van der Waals surface area contributed by atoms with Gasteiger partial charge in [0, 0.05) is 6.54 Å². The van der Waals surface area contributed by atoms with Crippen LogP contribution in [0.2, 0.25) is 0 Å². The molecule has 0 spiro atoms. The Hall–Kier alpha value is -2.25. The first-order valence-corrected chi connectivity index (χ1v) is 9.70. The second kappa shape index (κ2) is 7.40. The van der Waals surface area contributed by atoms with E-state index in [0.29, 0.717) is 31.4 Å². The summed E-state index contributed by atoms with van der Waals surface area (Å²) in [6.45, 7) is 7.54. The van der Waals surface area contributed by atoms with E-state index in [1.807, 2.05) is 53.8 Å². The van der Waals surface area contributed by atoms with Crippen molar-refractivity contribution < 1.29 is 9.53 Å². The van der Waals surface area contributed by atoms with E-state index in [9.17, 15) is 4.79 Å². The third kappa shape index (κ3) is 3.49. The average molecular weight is 369 g/mol. The molecule has 4 rings (SSSR count). The number of ether oxygens (including phenoxy) is 1. The van der Waals surface area contributed by atoms with Gasteiger partial charge in [-0.2, -0.15) is 0 Å². The third-order valence-corrected chi connectivity index (χ3v) is 5.73. The van der Waals surface area contributed by atoms with E-state index < -0.39 is 5.60 Å². The molecule has 2 fully saturated rings. The van der Waals surface area contributed by atoms with Crippen molar-refractivity contribution in [3.05, 3.63) is 47.3 Å². The van der Waals surface area contributed by atoms with Gasteiger partial charge in [-0.25, -0.2) is 4.68 Å². The van der Waals surface area contributed by atoms with Crippen LogP contribution in [-0.2, 0) is 10.3 Å². The molecule has 1 aromatic heterocycles.